The van der Waals surface area contributed by atoms with E-state index in [1.165, 1.54) is 11.3 Å². The molecule has 0 spiro atoms. The molecule has 0 radical (unpaired) electrons. The number of benzene rings is 2. The van der Waals surface area contributed by atoms with Gasteiger partial charge in [0.15, 0.2) is 6.61 Å². The second-order valence-electron chi connectivity index (χ2n) is 5.47. The van der Waals surface area contributed by atoms with Crippen LogP contribution in [0.3, 0.4) is 0 Å². The lowest BCUT2D eigenvalue weighted by atomic mass is 10.0. The van der Waals surface area contributed by atoms with Crippen molar-refractivity contribution in [3.8, 4) is 11.1 Å². The summed E-state index contributed by atoms with van der Waals surface area (Å²) in [7, 11) is 0. The number of hydrogen-bond acceptors (Lipinski definition) is 4. The summed E-state index contributed by atoms with van der Waals surface area (Å²) < 4.78 is 5.11. The average molecular weight is 351 g/mol. The van der Waals surface area contributed by atoms with Gasteiger partial charge in [0.05, 0.1) is 0 Å². The van der Waals surface area contributed by atoms with Crippen molar-refractivity contribution >= 4 is 28.9 Å². The first-order valence-electron chi connectivity index (χ1n) is 7.80. The molecule has 1 N–H and O–H groups in total. The summed E-state index contributed by atoms with van der Waals surface area (Å²) in [5, 5.41) is 4.63. The third-order valence-corrected chi connectivity index (χ3v) is 4.66. The van der Waals surface area contributed by atoms with Crippen LogP contribution >= 0.6 is 11.3 Å². The predicted molar refractivity (Wildman–Crippen MR) is 99.8 cm³/mol. The number of rotatable bonds is 5. The van der Waals surface area contributed by atoms with Gasteiger partial charge in [-0.25, -0.2) is 4.79 Å². The Balaban J connectivity index is 1.66. The first-order valence-corrected chi connectivity index (χ1v) is 8.68. The summed E-state index contributed by atoms with van der Waals surface area (Å²) >= 11 is 1.31. The molecular formula is C20H17NO3S. The molecule has 2 aromatic carbocycles. The van der Waals surface area contributed by atoms with Crippen LogP contribution in [0.4, 0.5) is 5.69 Å². The fraction of sp³-hybridized carbons (Fsp3) is 0.100. The van der Waals surface area contributed by atoms with Gasteiger partial charge in [0.1, 0.15) is 4.88 Å². The number of ether oxygens (including phenoxy) is 1. The van der Waals surface area contributed by atoms with E-state index < -0.39 is 5.97 Å². The average Bonchev–Trinajstić information content (AvgIpc) is 3.07. The van der Waals surface area contributed by atoms with Crippen molar-refractivity contribution in [2.24, 2.45) is 0 Å². The minimum absolute atomic E-state index is 0.320. The zero-order valence-electron chi connectivity index (χ0n) is 13.7. The number of anilines is 1. The van der Waals surface area contributed by atoms with Crippen molar-refractivity contribution in [3.05, 3.63) is 76.5 Å². The second kappa shape index (κ2) is 7.77. The first-order chi connectivity index (χ1) is 12.1. The molecule has 0 saturated heterocycles. The summed E-state index contributed by atoms with van der Waals surface area (Å²) in [6.45, 7) is 1.52. The van der Waals surface area contributed by atoms with Gasteiger partial charge in [-0.15, -0.1) is 11.3 Å². The van der Waals surface area contributed by atoms with E-state index in [4.69, 9.17) is 4.74 Å². The smallest absolute Gasteiger partial charge is 0.349 e. The quantitative estimate of drug-likeness (QED) is 0.688. The molecule has 0 fully saturated rings. The SMILES string of the molecule is Cc1ccsc1C(=O)OCC(=O)Nc1ccccc1-c1ccccc1. The van der Waals surface area contributed by atoms with Crippen LogP contribution in [0.5, 0.6) is 0 Å². The maximum atomic E-state index is 12.2. The minimum atomic E-state index is -0.473. The van der Waals surface area contributed by atoms with Crippen LogP contribution in [0.25, 0.3) is 11.1 Å². The molecule has 0 bridgehead atoms. The summed E-state index contributed by atoms with van der Waals surface area (Å²) in [4.78, 5) is 24.7. The van der Waals surface area contributed by atoms with Crippen LogP contribution in [0.1, 0.15) is 15.2 Å². The molecular weight excluding hydrogens is 334 g/mol. The third-order valence-electron chi connectivity index (χ3n) is 3.67. The van der Waals surface area contributed by atoms with E-state index in [2.05, 4.69) is 5.32 Å². The molecule has 0 aliphatic rings. The number of carbonyl (C=O) groups excluding carboxylic acids is 2. The predicted octanol–water partition coefficient (Wildman–Crippen LogP) is 4.52. The van der Waals surface area contributed by atoms with Crippen LogP contribution in [-0.4, -0.2) is 18.5 Å². The third kappa shape index (κ3) is 4.14. The molecule has 1 heterocycles. The van der Waals surface area contributed by atoms with Crippen LogP contribution in [-0.2, 0) is 9.53 Å². The van der Waals surface area contributed by atoms with Crippen molar-refractivity contribution in [2.45, 2.75) is 6.92 Å². The van der Waals surface area contributed by atoms with E-state index in [-0.39, 0.29) is 12.5 Å². The molecule has 0 aliphatic carbocycles. The first kappa shape index (κ1) is 16.9. The summed E-state index contributed by atoms with van der Waals surface area (Å²) in [5.74, 6) is -0.843. The summed E-state index contributed by atoms with van der Waals surface area (Å²) in [5.41, 5.74) is 3.45. The van der Waals surface area contributed by atoms with E-state index in [1.54, 1.807) is 0 Å². The molecule has 1 amide bonds. The van der Waals surface area contributed by atoms with Crippen molar-refractivity contribution in [1.29, 1.82) is 0 Å². The number of aryl methyl sites for hydroxylation is 1. The summed E-state index contributed by atoms with van der Waals surface area (Å²) in [6, 6.07) is 19.2. The van der Waals surface area contributed by atoms with Gasteiger partial charge in [-0.3, -0.25) is 4.79 Å². The standard InChI is InChI=1S/C20H17NO3S/c1-14-11-12-25-19(14)20(23)24-13-18(22)21-17-10-6-5-9-16(17)15-7-3-2-4-8-15/h2-12H,13H2,1H3,(H,21,22). The summed E-state index contributed by atoms with van der Waals surface area (Å²) in [6.07, 6.45) is 0. The van der Waals surface area contributed by atoms with E-state index in [1.807, 2.05) is 73.0 Å². The van der Waals surface area contributed by atoms with Crippen LogP contribution < -0.4 is 5.32 Å². The van der Waals surface area contributed by atoms with E-state index in [9.17, 15) is 9.59 Å². The molecule has 126 valence electrons. The molecule has 0 saturated carbocycles. The van der Waals surface area contributed by atoms with Crippen LogP contribution in [0.15, 0.2) is 66.0 Å². The molecule has 0 unspecified atom stereocenters. The zero-order chi connectivity index (χ0) is 17.6. The second-order valence-corrected chi connectivity index (χ2v) is 6.38. The Kier molecular flexibility index (Phi) is 5.26. The largest absolute Gasteiger partial charge is 0.451 e. The monoisotopic (exact) mass is 351 g/mol. The van der Waals surface area contributed by atoms with Gasteiger partial charge in [0, 0.05) is 11.3 Å². The van der Waals surface area contributed by atoms with Crippen molar-refractivity contribution in [3.63, 3.8) is 0 Å². The number of esters is 1. The van der Waals surface area contributed by atoms with Crippen molar-refractivity contribution < 1.29 is 14.3 Å². The number of hydrogen-bond donors (Lipinski definition) is 1. The Hall–Kier alpha value is -2.92. The maximum absolute atomic E-state index is 12.2. The fourth-order valence-electron chi connectivity index (χ4n) is 2.43. The normalized spacial score (nSPS) is 10.3. The van der Waals surface area contributed by atoms with Gasteiger partial charge < -0.3 is 10.1 Å². The molecule has 25 heavy (non-hydrogen) atoms. The zero-order valence-corrected chi connectivity index (χ0v) is 14.5. The molecule has 4 nitrogen and oxygen atoms in total. The number of nitrogens with one attached hydrogen (secondary N) is 1. The Morgan fingerprint density at radius 3 is 2.44 bits per heavy atom. The molecule has 3 aromatic rings. The van der Waals surface area contributed by atoms with Crippen molar-refractivity contribution in [2.75, 3.05) is 11.9 Å². The fourth-order valence-corrected chi connectivity index (χ4v) is 3.24. The Bertz CT molecular complexity index is 887. The molecule has 3 rings (SSSR count). The van der Waals surface area contributed by atoms with Crippen LogP contribution in [0, 0.1) is 6.92 Å². The lowest BCUT2D eigenvalue weighted by Gasteiger charge is -2.11. The molecule has 0 aliphatic heterocycles. The lowest BCUT2D eigenvalue weighted by molar-refractivity contribution is -0.119. The number of para-hydroxylation sites is 1. The lowest BCUT2D eigenvalue weighted by Crippen LogP contribution is -2.21. The van der Waals surface area contributed by atoms with Gasteiger partial charge in [-0.2, -0.15) is 0 Å². The Morgan fingerprint density at radius 2 is 1.72 bits per heavy atom. The highest BCUT2D eigenvalue weighted by atomic mass is 32.1. The number of thiophene rings is 1. The Labute approximate surface area is 150 Å². The van der Waals surface area contributed by atoms with Gasteiger partial charge >= 0.3 is 5.97 Å². The van der Waals surface area contributed by atoms with Gasteiger partial charge in [0.25, 0.3) is 5.91 Å². The van der Waals surface area contributed by atoms with Gasteiger partial charge in [-0.05, 0) is 35.6 Å². The maximum Gasteiger partial charge on any atom is 0.349 e. The van der Waals surface area contributed by atoms with Gasteiger partial charge in [0.2, 0.25) is 0 Å². The van der Waals surface area contributed by atoms with E-state index in [0.29, 0.717) is 10.6 Å². The topological polar surface area (TPSA) is 55.4 Å². The number of carbonyl (C=O) groups is 2. The molecule has 1 aromatic heterocycles. The molecule has 5 heteroatoms. The van der Waals surface area contributed by atoms with Crippen molar-refractivity contribution in [1.82, 2.24) is 0 Å². The molecule has 0 atom stereocenters. The van der Waals surface area contributed by atoms with E-state index in [0.717, 1.165) is 16.7 Å². The highest BCUT2D eigenvalue weighted by Crippen LogP contribution is 2.27. The van der Waals surface area contributed by atoms with E-state index >= 15 is 0 Å². The Morgan fingerprint density at radius 1 is 1.00 bits per heavy atom. The highest BCUT2D eigenvalue weighted by Gasteiger charge is 2.14. The van der Waals surface area contributed by atoms with Crippen LogP contribution in [0.2, 0.25) is 0 Å². The highest BCUT2D eigenvalue weighted by molar-refractivity contribution is 7.12. The minimum Gasteiger partial charge on any atom is -0.451 e. The van der Waals surface area contributed by atoms with Gasteiger partial charge in [-0.1, -0.05) is 48.5 Å². The number of amides is 1.